The highest BCUT2D eigenvalue weighted by atomic mass is 16.5. The summed E-state index contributed by atoms with van der Waals surface area (Å²) in [5.41, 5.74) is 8.76. The second-order valence-corrected chi connectivity index (χ2v) is 5.47. The number of nitrogen functional groups attached to an aromatic ring is 1. The van der Waals surface area contributed by atoms with Gasteiger partial charge in [-0.3, -0.25) is 0 Å². The van der Waals surface area contributed by atoms with Crippen molar-refractivity contribution in [2.75, 3.05) is 17.7 Å². The van der Waals surface area contributed by atoms with Crippen LogP contribution in [0.2, 0.25) is 0 Å². The van der Waals surface area contributed by atoms with E-state index in [2.05, 4.69) is 43.2 Å². The zero-order valence-corrected chi connectivity index (χ0v) is 12.9. The average Bonchev–Trinajstić information content (AvgIpc) is 2.48. The molecule has 2 rings (SSSR count). The fourth-order valence-corrected chi connectivity index (χ4v) is 1.90. The Morgan fingerprint density at radius 1 is 1.24 bits per heavy atom. The number of nitrogens with zero attached hydrogens (tertiary/aromatic N) is 1. The van der Waals surface area contributed by atoms with E-state index in [0.29, 0.717) is 24.1 Å². The molecular formula is C17H23N3O. The molecule has 0 radical (unpaired) electrons. The molecule has 4 nitrogen and oxygen atoms in total. The lowest BCUT2D eigenvalue weighted by Gasteiger charge is -2.12. The van der Waals surface area contributed by atoms with Crippen LogP contribution in [0.15, 0.2) is 36.4 Å². The van der Waals surface area contributed by atoms with Crippen molar-refractivity contribution in [1.82, 2.24) is 4.98 Å². The standard InChI is InChI=1S/C17H23N3O/c1-4-13-6-5-7-14(10-13)19-16-9-8-15(18)17(20-16)21-11-12(2)3/h5-10,12H,4,11,18H2,1-3H3,(H,19,20). The van der Waals surface area contributed by atoms with Crippen LogP contribution in [0.4, 0.5) is 17.2 Å². The smallest absolute Gasteiger partial charge is 0.239 e. The van der Waals surface area contributed by atoms with Gasteiger partial charge >= 0.3 is 0 Å². The number of benzene rings is 1. The summed E-state index contributed by atoms with van der Waals surface area (Å²) in [6.07, 6.45) is 1.01. The van der Waals surface area contributed by atoms with Crippen molar-refractivity contribution in [1.29, 1.82) is 0 Å². The molecule has 21 heavy (non-hydrogen) atoms. The quantitative estimate of drug-likeness (QED) is 0.842. The van der Waals surface area contributed by atoms with Crippen LogP contribution in [-0.4, -0.2) is 11.6 Å². The van der Waals surface area contributed by atoms with Crippen molar-refractivity contribution < 1.29 is 4.74 Å². The molecule has 112 valence electrons. The second kappa shape index (κ2) is 6.97. The monoisotopic (exact) mass is 285 g/mol. The number of nitrogens with two attached hydrogens (primary N) is 1. The van der Waals surface area contributed by atoms with E-state index in [9.17, 15) is 0 Å². The molecule has 0 atom stereocenters. The van der Waals surface area contributed by atoms with E-state index in [-0.39, 0.29) is 0 Å². The van der Waals surface area contributed by atoms with Crippen molar-refractivity contribution in [3.63, 3.8) is 0 Å². The summed E-state index contributed by atoms with van der Waals surface area (Å²) in [7, 11) is 0. The minimum absolute atomic E-state index is 0.434. The zero-order chi connectivity index (χ0) is 15.2. The van der Waals surface area contributed by atoms with Crippen LogP contribution in [-0.2, 0) is 6.42 Å². The molecule has 0 aliphatic rings. The van der Waals surface area contributed by atoms with Gasteiger partial charge in [0.15, 0.2) is 0 Å². The lowest BCUT2D eigenvalue weighted by atomic mass is 10.1. The van der Waals surface area contributed by atoms with Gasteiger partial charge in [-0.05, 0) is 42.2 Å². The summed E-state index contributed by atoms with van der Waals surface area (Å²) in [6.45, 7) is 6.92. The van der Waals surface area contributed by atoms with Crippen LogP contribution >= 0.6 is 0 Å². The highest BCUT2D eigenvalue weighted by Gasteiger charge is 2.06. The van der Waals surface area contributed by atoms with E-state index in [4.69, 9.17) is 10.5 Å². The molecule has 0 saturated heterocycles. The number of hydrogen-bond acceptors (Lipinski definition) is 4. The lowest BCUT2D eigenvalue weighted by molar-refractivity contribution is 0.263. The summed E-state index contributed by atoms with van der Waals surface area (Å²) in [5, 5.41) is 3.29. The molecule has 0 unspecified atom stereocenters. The van der Waals surface area contributed by atoms with Crippen LogP contribution < -0.4 is 15.8 Å². The third kappa shape index (κ3) is 4.38. The van der Waals surface area contributed by atoms with Crippen LogP contribution in [0.3, 0.4) is 0 Å². The van der Waals surface area contributed by atoms with E-state index < -0.39 is 0 Å². The third-order valence-corrected chi connectivity index (χ3v) is 3.05. The lowest BCUT2D eigenvalue weighted by Crippen LogP contribution is -2.08. The van der Waals surface area contributed by atoms with E-state index in [1.807, 2.05) is 24.3 Å². The Morgan fingerprint density at radius 2 is 2.05 bits per heavy atom. The number of aromatic nitrogens is 1. The maximum Gasteiger partial charge on any atom is 0.239 e. The number of anilines is 3. The topological polar surface area (TPSA) is 60.2 Å². The second-order valence-electron chi connectivity index (χ2n) is 5.47. The van der Waals surface area contributed by atoms with E-state index in [0.717, 1.165) is 17.9 Å². The number of ether oxygens (including phenoxy) is 1. The molecule has 0 fully saturated rings. The number of rotatable bonds is 6. The largest absolute Gasteiger partial charge is 0.476 e. The first-order valence-electron chi connectivity index (χ1n) is 7.33. The van der Waals surface area contributed by atoms with E-state index in [1.165, 1.54) is 5.56 Å². The Morgan fingerprint density at radius 3 is 2.76 bits per heavy atom. The van der Waals surface area contributed by atoms with Gasteiger partial charge in [-0.1, -0.05) is 32.9 Å². The van der Waals surface area contributed by atoms with Crippen molar-refractivity contribution in [2.24, 2.45) is 5.92 Å². The molecule has 1 aromatic carbocycles. The van der Waals surface area contributed by atoms with Gasteiger partial charge in [0.1, 0.15) is 5.82 Å². The van der Waals surface area contributed by atoms with Crippen LogP contribution in [0.1, 0.15) is 26.3 Å². The minimum Gasteiger partial charge on any atom is -0.476 e. The number of pyridine rings is 1. The van der Waals surface area contributed by atoms with Crippen molar-refractivity contribution in [3.8, 4) is 5.88 Å². The highest BCUT2D eigenvalue weighted by Crippen LogP contribution is 2.24. The zero-order valence-electron chi connectivity index (χ0n) is 12.9. The first-order valence-corrected chi connectivity index (χ1v) is 7.33. The summed E-state index contributed by atoms with van der Waals surface area (Å²) in [5.74, 6) is 1.65. The molecule has 1 aromatic heterocycles. The van der Waals surface area contributed by atoms with Crippen molar-refractivity contribution in [2.45, 2.75) is 27.2 Å². The van der Waals surface area contributed by atoms with Gasteiger partial charge in [0.25, 0.3) is 0 Å². The average molecular weight is 285 g/mol. The number of hydrogen-bond donors (Lipinski definition) is 2. The molecule has 0 saturated carbocycles. The Labute approximate surface area is 126 Å². The summed E-state index contributed by atoms with van der Waals surface area (Å²) in [4.78, 5) is 4.44. The van der Waals surface area contributed by atoms with Crippen LogP contribution in [0.5, 0.6) is 5.88 Å². The van der Waals surface area contributed by atoms with Gasteiger partial charge in [0, 0.05) is 5.69 Å². The molecule has 0 aliphatic heterocycles. The summed E-state index contributed by atoms with van der Waals surface area (Å²) < 4.78 is 5.65. The van der Waals surface area contributed by atoms with Crippen LogP contribution in [0.25, 0.3) is 0 Å². The molecule has 0 amide bonds. The molecule has 4 heteroatoms. The van der Waals surface area contributed by atoms with Gasteiger partial charge in [-0.15, -0.1) is 0 Å². The predicted molar refractivity (Wildman–Crippen MR) is 88.1 cm³/mol. The maximum absolute atomic E-state index is 5.90. The van der Waals surface area contributed by atoms with Crippen molar-refractivity contribution in [3.05, 3.63) is 42.0 Å². The fraction of sp³-hybridized carbons (Fsp3) is 0.353. The van der Waals surface area contributed by atoms with Gasteiger partial charge < -0.3 is 15.8 Å². The Kier molecular flexibility index (Phi) is 5.04. The molecule has 1 heterocycles. The molecule has 0 bridgehead atoms. The molecule has 2 aromatic rings. The van der Waals surface area contributed by atoms with Gasteiger partial charge in [-0.2, -0.15) is 4.98 Å². The van der Waals surface area contributed by atoms with Crippen LogP contribution in [0, 0.1) is 5.92 Å². The highest BCUT2D eigenvalue weighted by molar-refractivity contribution is 5.61. The SMILES string of the molecule is CCc1cccc(Nc2ccc(N)c(OCC(C)C)n2)c1. The Bertz CT molecular complexity index is 596. The number of aryl methyl sites for hydroxylation is 1. The van der Waals surface area contributed by atoms with Crippen molar-refractivity contribution >= 4 is 17.2 Å². The summed E-state index contributed by atoms with van der Waals surface area (Å²) >= 11 is 0. The van der Waals surface area contributed by atoms with Gasteiger partial charge in [0.05, 0.1) is 12.3 Å². The molecular weight excluding hydrogens is 262 g/mol. The molecule has 0 aliphatic carbocycles. The third-order valence-electron chi connectivity index (χ3n) is 3.05. The predicted octanol–water partition coefficient (Wildman–Crippen LogP) is 4.00. The minimum atomic E-state index is 0.434. The first-order chi connectivity index (χ1) is 10.1. The fourth-order valence-electron chi connectivity index (χ4n) is 1.90. The van der Waals surface area contributed by atoms with Gasteiger partial charge in [0.2, 0.25) is 5.88 Å². The Balaban J connectivity index is 2.14. The summed E-state index contributed by atoms with van der Waals surface area (Å²) in [6, 6.07) is 12.0. The van der Waals surface area contributed by atoms with Gasteiger partial charge in [-0.25, -0.2) is 0 Å². The molecule has 3 N–H and O–H groups in total. The van der Waals surface area contributed by atoms with E-state index >= 15 is 0 Å². The first kappa shape index (κ1) is 15.2. The normalized spacial score (nSPS) is 10.7. The number of nitrogens with one attached hydrogen (secondary N) is 1. The van der Waals surface area contributed by atoms with E-state index in [1.54, 1.807) is 0 Å². The molecule has 0 spiro atoms. The maximum atomic E-state index is 5.90. The Hall–Kier alpha value is -2.23.